The molecule has 68 valence electrons. The van der Waals surface area contributed by atoms with Crippen molar-refractivity contribution >= 4 is 0 Å². The number of rotatable bonds is 6. The Bertz CT molecular complexity index is 86.2. The van der Waals surface area contributed by atoms with Crippen molar-refractivity contribution < 1.29 is 9.84 Å². The summed E-state index contributed by atoms with van der Waals surface area (Å²) in [6, 6.07) is 0. The summed E-state index contributed by atoms with van der Waals surface area (Å²) in [4.78, 5) is 2.15. The predicted octanol–water partition coefficient (Wildman–Crippen LogP) is 0.336. The molecule has 0 fully saturated rings. The smallest absolute Gasteiger partial charge is 0.0589 e. The number of nitrogens with zero attached hydrogens (tertiary/aromatic N) is 1. The average Bonchev–Trinajstić information content (AvgIpc) is 1.97. The van der Waals surface area contributed by atoms with Crippen molar-refractivity contribution in [2.24, 2.45) is 0 Å². The molecule has 3 heteroatoms. The summed E-state index contributed by atoms with van der Waals surface area (Å²) in [6.45, 7) is 4.44. The van der Waals surface area contributed by atoms with Crippen molar-refractivity contribution in [3.05, 3.63) is 0 Å². The summed E-state index contributed by atoms with van der Waals surface area (Å²) in [6.07, 6.45) is 0.639. The Morgan fingerprint density at radius 3 is 2.55 bits per heavy atom. The van der Waals surface area contributed by atoms with E-state index in [4.69, 9.17) is 9.84 Å². The molecular formula is C8H19NO2. The molecule has 0 saturated carbocycles. The van der Waals surface area contributed by atoms with Crippen molar-refractivity contribution in [1.82, 2.24) is 4.90 Å². The Kier molecular flexibility index (Phi) is 6.51. The molecule has 1 unspecified atom stereocenters. The van der Waals surface area contributed by atoms with Gasteiger partial charge in [-0.1, -0.05) is 0 Å². The third-order valence-corrected chi connectivity index (χ3v) is 1.61. The lowest BCUT2D eigenvalue weighted by atomic mass is 10.3. The molecule has 0 aromatic rings. The van der Waals surface area contributed by atoms with Gasteiger partial charge in [0, 0.05) is 20.2 Å². The minimum Gasteiger partial charge on any atom is -0.393 e. The zero-order valence-corrected chi connectivity index (χ0v) is 7.71. The van der Waals surface area contributed by atoms with Gasteiger partial charge in [-0.15, -0.1) is 0 Å². The Morgan fingerprint density at radius 1 is 1.45 bits per heavy atom. The molecule has 11 heavy (non-hydrogen) atoms. The number of aliphatic hydroxyl groups excluding tert-OH is 1. The number of hydrogen-bond donors (Lipinski definition) is 1. The van der Waals surface area contributed by atoms with Crippen LogP contribution in [0.5, 0.6) is 0 Å². The number of likely N-dealkylation sites (N-methyl/N-ethyl adjacent to an activating group) is 1. The first-order valence-electron chi connectivity index (χ1n) is 4.02. The van der Waals surface area contributed by atoms with Gasteiger partial charge in [-0.05, 0) is 20.4 Å². The van der Waals surface area contributed by atoms with Gasteiger partial charge in [-0.3, -0.25) is 0 Å². The topological polar surface area (TPSA) is 32.7 Å². The van der Waals surface area contributed by atoms with Gasteiger partial charge < -0.3 is 14.7 Å². The highest BCUT2D eigenvalue weighted by atomic mass is 16.5. The Labute approximate surface area is 69.0 Å². The molecule has 0 saturated heterocycles. The molecule has 0 heterocycles. The molecule has 0 radical (unpaired) electrons. The number of methoxy groups -OCH3 is 1. The number of aliphatic hydroxyl groups is 1. The van der Waals surface area contributed by atoms with E-state index < -0.39 is 0 Å². The molecule has 1 N–H and O–H groups in total. The maximum Gasteiger partial charge on any atom is 0.0589 e. The maximum atomic E-state index is 8.97. The molecule has 0 aliphatic carbocycles. The second-order valence-electron chi connectivity index (χ2n) is 2.93. The van der Waals surface area contributed by atoms with Gasteiger partial charge in [-0.25, -0.2) is 0 Å². The van der Waals surface area contributed by atoms with Crippen LogP contribution in [-0.4, -0.2) is 50.0 Å². The highest BCUT2D eigenvalue weighted by Gasteiger charge is 1.99. The van der Waals surface area contributed by atoms with Gasteiger partial charge in [0.1, 0.15) is 0 Å². The van der Waals surface area contributed by atoms with Crippen LogP contribution in [0.4, 0.5) is 0 Å². The number of hydrogen-bond acceptors (Lipinski definition) is 3. The molecule has 3 nitrogen and oxygen atoms in total. The van der Waals surface area contributed by atoms with Crippen LogP contribution in [-0.2, 0) is 4.74 Å². The molecule has 0 amide bonds. The standard InChI is InChI=1S/C8H19NO2/c1-8(10)4-5-9(2)6-7-11-3/h8,10H,4-7H2,1-3H3. The summed E-state index contributed by atoms with van der Waals surface area (Å²) >= 11 is 0. The molecule has 0 aromatic carbocycles. The molecule has 0 rings (SSSR count). The summed E-state index contributed by atoms with van der Waals surface area (Å²) in [5, 5.41) is 8.97. The van der Waals surface area contributed by atoms with Gasteiger partial charge in [-0.2, -0.15) is 0 Å². The SMILES string of the molecule is COCCN(C)CCC(C)O. The second kappa shape index (κ2) is 6.58. The molecule has 0 aliphatic rings. The molecular weight excluding hydrogens is 142 g/mol. The highest BCUT2D eigenvalue weighted by Crippen LogP contribution is 1.92. The zero-order chi connectivity index (χ0) is 8.69. The minimum atomic E-state index is -0.194. The fraction of sp³-hybridized carbons (Fsp3) is 1.00. The normalized spacial score (nSPS) is 13.9. The van der Waals surface area contributed by atoms with E-state index in [1.807, 2.05) is 14.0 Å². The quantitative estimate of drug-likeness (QED) is 0.609. The van der Waals surface area contributed by atoms with E-state index in [0.717, 1.165) is 26.1 Å². The van der Waals surface area contributed by atoms with Crippen LogP contribution < -0.4 is 0 Å². The lowest BCUT2D eigenvalue weighted by Gasteiger charge is -2.16. The Morgan fingerprint density at radius 2 is 2.09 bits per heavy atom. The first-order chi connectivity index (χ1) is 5.16. The van der Waals surface area contributed by atoms with Crippen molar-refractivity contribution in [3.63, 3.8) is 0 Å². The van der Waals surface area contributed by atoms with Gasteiger partial charge in [0.2, 0.25) is 0 Å². The fourth-order valence-corrected chi connectivity index (χ4v) is 0.766. The van der Waals surface area contributed by atoms with E-state index in [-0.39, 0.29) is 6.10 Å². The summed E-state index contributed by atoms with van der Waals surface area (Å²) in [5.74, 6) is 0. The van der Waals surface area contributed by atoms with Crippen molar-refractivity contribution in [2.45, 2.75) is 19.4 Å². The van der Waals surface area contributed by atoms with Crippen molar-refractivity contribution in [2.75, 3.05) is 33.9 Å². The molecule has 0 aliphatic heterocycles. The van der Waals surface area contributed by atoms with E-state index in [1.165, 1.54) is 0 Å². The van der Waals surface area contributed by atoms with Gasteiger partial charge in [0.15, 0.2) is 0 Å². The summed E-state index contributed by atoms with van der Waals surface area (Å²) < 4.78 is 4.92. The van der Waals surface area contributed by atoms with Crippen molar-refractivity contribution in [1.29, 1.82) is 0 Å². The van der Waals surface area contributed by atoms with Crippen LogP contribution in [0, 0.1) is 0 Å². The van der Waals surface area contributed by atoms with E-state index >= 15 is 0 Å². The maximum absolute atomic E-state index is 8.97. The third kappa shape index (κ3) is 7.78. The van der Waals surface area contributed by atoms with Gasteiger partial charge in [0.05, 0.1) is 12.7 Å². The molecule has 0 aromatic heterocycles. The highest BCUT2D eigenvalue weighted by molar-refractivity contribution is 4.54. The fourth-order valence-electron chi connectivity index (χ4n) is 0.766. The molecule has 1 atom stereocenters. The summed E-state index contributed by atoms with van der Waals surface area (Å²) in [7, 11) is 3.73. The van der Waals surface area contributed by atoms with Crippen LogP contribution >= 0.6 is 0 Å². The van der Waals surface area contributed by atoms with Crippen LogP contribution in [0.3, 0.4) is 0 Å². The van der Waals surface area contributed by atoms with Gasteiger partial charge >= 0.3 is 0 Å². The van der Waals surface area contributed by atoms with Crippen LogP contribution in [0.15, 0.2) is 0 Å². The lowest BCUT2D eigenvalue weighted by molar-refractivity contribution is 0.137. The average molecular weight is 161 g/mol. The monoisotopic (exact) mass is 161 g/mol. The van der Waals surface area contributed by atoms with E-state index in [0.29, 0.717) is 0 Å². The minimum absolute atomic E-state index is 0.194. The van der Waals surface area contributed by atoms with Crippen LogP contribution in [0.1, 0.15) is 13.3 Å². The first-order valence-corrected chi connectivity index (χ1v) is 4.02. The third-order valence-electron chi connectivity index (χ3n) is 1.61. The lowest BCUT2D eigenvalue weighted by Crippen LogP contribution is -2.25. The largest absolute Gasteiger partial charge is 0.393 e. The second-order valence-corrected chi connectivity index (χ2v) is 2.93. The van der Waals surface area contributed by atoms with E-state index in [1.54, 1.807) is 7.11 Å². The molecule has 0 bridgehead atoms. The zero-order valence-electron chi connectivity index (χ0n) is 7.71. The van der Waals surface area contributed by atoms with Gasteiger partial charge in [0.25, 0.3) is 0 Å². The Hall–Kier alpha value is -0.120. The predicted molar refractivity (Wildman–Crippen MR) is 45.7 cm³/mol. The molecule has 0 spiro atoms. The van der Waals surface area contributed by atoms with Crippen LogP contribution in [0.25, 0.3) is 0 Å². The number of ether oxygens (including phenoxy) is 1. The van der Waals surface area contributed by atoms with E-state index in [9.17, 15) is 0 Å². The van der Waals surface area contributed by atoms with Crippen LogP contribution in [0.2, 0.25) is 0 Å². The first kappa shape index (κ1) is 10.9. The van der Waals surface area contributed by atoms with Crippen molar-refractivity contribution in [3.8, 4) is 0 Å². The van der Waals surface area contributed by atoms with E-state index in [2.05, 4.69) is 4.90 Å². The summed E-state index contributed by atoms with van der Waals surface area (Å²) in [5.41, 5.74) is 0. The Balaban J connectivity index is 3.15.